The van der Waals surface area contributed by atoms with Crippen molar-refractivity contribution in [2.75, 3.05) is 10.0 Å². The van der Waals surface area contributed by atoms with Crippen molar-refractivity contribution >= 4 is 56.2 Å². The van der Waals surface area contributed by atoms with E-state index in [0.717, 1.165) is 11.3 Å². The molecule has 0 saturated heterocycles. The van der Waals surface area contributed by atoms with Crippen molar-refractivity contribution in [1.29, 1.82) is 0 Å². The SMILES string of the molecule is CC(OC(=O)c1ccccc1NS(=O)(=O)c1ccc(Cl)s1)C(=O)Nc1ccccc1. The Morgan fingerprint density at radius 3 is 2.33 bits per heavy atom. The molecule has 1 amide bonds. The van der Waals surface area contributed by atoms with Gasteiger partial charge in [0.25, 0.3) is 15.9 Å². The van der Waals surface area contributed by atoms with E-state index in [-0.39, 0.29) is 15.5 Å². The van der Waals surface area contributed by atoms with Crippen LogP contribution >= 0.6 is 22.9 Å². The Balaban J connectivity index is 1.73. The van der Waals surface area contributed by atoms with Crippen LogP contribution in [0, 0.1) is 0 Å². The van der Waals surface area contributed by atoms with Crippen LogP contribution in [0.25, 0.3) is 0 Å². The molecular formula is C20H17ClN2O5S2. The predicted octanol–water partition coefficient (Wildman–Crippen LogP) is 4.39. The van der Waals surface area contributed by atoms with Gasteiger partial charge in [-0.3, -0.25) is 9.52 Å². The number of para-hydroxylation sites is 2. The topological polar surface area (TPSA) is 102 Å². The fourth-order valence-electron chi connectivity index (χ4n) is 2.43. The molecule has 7 nitrogen and oxygen atoms in total. The van der Waals surface area contributed by atoms with Crippen LogP contribution in [0.15, 0.2) is 70.9 Å². The molecule has 0 radical (unpaired) electrons. The number of hydrogen-bond acceptors (Lipinski definition) is 6. The first-order valence-electron chi connectivity index (χ1n) is 8.70. The van der Waals surface area contributed by atoms with Gasteiger partial charge in [0, 0.05) is 5.69 Å². The number of sulfonamides is 1. The first-order valence-corrected chi connectivity index (χ1v) is 11.4. The van der Waals surface area contributed by atoms with Gasteiger partial charge in [0.15, 0.2) is 6.10 Å². The molecule has 30 heavy (non-hydrogen) atoms. The van der Waals surface area contributed by atoms with Gasteiger partial charge in [0.1, 0.15) is 4.21 Å². The lowest BCUT2D eigenvalue weighted by Gasteiger charge is -2.15. The summed E-state index contributed by atoms with van der Waals surface area (Å²) in [4.78, 5) is 24.9. The summed E-state index contributed by atoms with van der Waals surface area (Å²) in [5, 5.41) is 2.64. The Hall–Kier alpha value is -2.88. The smallest absolute Gasteiger partial charge is 0.341 e. The van der Waals surface area contributed by atoms with Crippen LogP contribution in [0.5, 0.6) is 0 Å². The van der Waals surface area contributed by atoms with Crippen molar-refractivity contribution < 1.29 is 22.7 Å². The van der Waals surface area contributed by atoms with Gasteiger partial charge in [-0.1, -0.05) is 41.9 Å². The number of thiophene rings is 1. The van der Waals surface area contributed by atoms with Crippen LogP contribution in [0.2, 0.25) is 4.34 Å². The lowest BCUT2D eigenvalue weighted by atomic mass is 10.2. The van der Waals surface area contributed by atoms with Crippen molar-refractivity contribution in [3.63, 3.8) is 0 Å². The van der Waals surface area contributed by atoms with E-state index in [1.807, 2.05) is 0 Å². The highest BCUT2D eigenvalue weighted by Gasteiger charge is 2.24. The number of amides is 1. The van der Waals surface area contributed by atoms with Crippen LogP contribution in [0.1, 0.15) is 17.3 Å². The minimum absolute atomic E-state index is 0.00581. The first kappa shape index (κ1) is 21.8. The third-order valence-corrected chi connectivity index (χ3v) is 6.99. The van der Waals surface area contributed by atoms with Crippen molar-refractivity contribution in [3.8, 4) is 0 Å². The van der Waals surface area contributed by atoms with Crippen molar-refractivity contribution in [1.82, 2.24) is 0 Å². The monoisotopic (exact) mass is 464 g/mol. The normalized spacial score (nSPS) is 12.1. The van der Waals surface area contributed by atoms with E-state index in [2.05, 4.69) is 10.0 Å². The molecule has 1 unspecified atom stereocenters. The maximum atomic E-state index is 12.6. The van der Waals surface area contributed by atoms with Gasteiger partial charge in [-0.25, -0.2) is 13.2 Å². The van der Waals surface area contributed by atoms with E-state index in [1.165, 1.54) is 31.2 Å². The molecule has 0 fully saturated rings. The molecule has 0 saturated carbocycles. The van der Waals surface area contributed by atoms with Crippen LogP contribution in [0.4, 0.5) is 11.4 Å². The molecule has 1 atom stereocenters. The molecule has 2 N–H and O–H groups in total. The van der Waals surface area contributed by atoms with E-state index >= 15 is 0 Å². The Kier molecular flexibility index (Phi) is 6.76. The first-order chi connectivity index (χ1) is 14.3. The van der Waals surface area contributed by atoms with Crippen molar-refractivity contribution in [2.45, 2.75) is 17.2 Å². The second kappa shape index (κ2) is 9.29. The number of carbonyl (C=O) groups excluding carboxylic acids is 2. The molecule has 0 aliphatic rings. The number of hydrogen-bond donors (Lipinski definition) is 2. The molecule has 1 heterocycles. The van der Waals surface area contributed by atoms with Crippen LogP contribution in [-0.2, 0) is 19.6 Å². The third kappa shape index (κ3) is 5.38. The summed E-state index contributed by atoms with van der Waals surface area (Å²) >= 11 is 6.70. The molecule has 3 aromatic rings. The van der Waals surface area contributed by atoms with E-state index in [4.69, 9.17) is 16.3 Å². The van der Waals surface area contributed by atoms with Crippen molar-refractivity contribution in [3.05, 3.63) is 76.6 Å². The van der Waals surface area contributed by atoms with E-state index in [0.29, 0.717) is 10.0 Å². The standard InChI is InChI=1S/C20H17ClN2O5S2/c1-13(19(24)22-14-7-3-2-4-8-14)28-20(25)15-9-5-6-10-16(15)23-30(26,27)18-12-11-17(21)29-18/h2-13,23H,1H3,(H,22,24). The predicted molar refractivity (Wildman–Crippen MR) is 117 cm³/mol. The third-order valence-electron chi connectivity index (χ3n) is 3.90. The number of nitrogens with one attached hydrogen (secondary N) is 2. The average Bonchev–Trinajstić information content (AvgIpc) is 3.16. The maximum Gasteiger partial charge on any atom is 0.341 e. The number of halogens is 1. The van der Waals surface area contributed by atoms with E-state index < -0.39 is 28.0 Å². The molecule has 0 aliphatic heterocycles. The highest BCUT2D eigenvalue weighted by atomic mass is 35.5. The fourth-order valence-corrected chi connectivity index (χ4v) is 4.99. The summed E-state index contributed by atoms with van der Waals surface area (Å²) in [6, 6.07) is 17.5. The average molecular weight is 465 g/mol. The number of carbonyl (C=O) groups is 2. The molecule has 1 aromatic heterocycles. The van der Waals surface area contributed by atoms with Gasteiger partial charge in [-0.15, -0.1) is 11.3 Å². The van der Waals surface area contributed by atoms with Gasteiger partial charge < -0.3 is 10.1 Å². The Labute approximate surface area is 182 Å². The molecular weight excluding hydrogens is 448 g/mol. The Bertz CT molecular complexity index is 1160. The molecule has 0 spiro atoms. The largest absolute Gasteiger partial charge is 0.449 e. The minimum atomic E-state index is -3.94. The minimum Gasteiger partial charge on any atom is -0.449 e. The van der Waals surface area contributed by atoms with Gasteiger partial charge in [0.05, 0.1) is 15.6 Å². The zero-order valence-electron chi connectivity index (χ0n) is 15.7. The Morgan fingerprint density at radius 2 is 1.67 bits per heavy atom. The molecule has 0 aliphatic carbocycles. The Morgan fingerprint density at radius 1 is 1.00 bits per heavy atom. The number of rotatable bonds is 7. The summed E-state index contributed by atoms with van der Waals surface area (Å²) in [6.07, 6.45) is -1.10. The van der Waals surface area contributed by atoms with E-state index in [9.17, 15) is 18.0 Å². The number of anilines is 2. The molecule has 2 aromatic carbocycles. The number of benzene rings is 2. The fraction of sp³-hybridized carbons (Fsp3) is 0.100. The summed E-state index contributed by atoms with van der Waals surface area (Å²) in [6.45, 7) is 1.43. The number of esters is 1. The summed E-state index contributed by atoms with van der Waals surface area (Å²) < 4.78 is 33.0. The quantitative estimate of drug-likeness (QED) is 0.505. The van der Waals surface area contributed by atoms with Gasteiger partial charge in [0.2, 0.25) is 0 Å². The van der Waals surface area contributed by atoms with Crippen molar-refractivity contribution in [2.24, 2.45) is 0 Å². The highest BCUT2D eigenvalue weighted by Crippen LogP contribution is 2.28. The lowest BCUT2D eigenvalue weighted by molar-refractivity contribution is -0.123. The summed E-state index contributed by atoms with van der Waals surface area (Å²) in [5.41, 5.74) is 0.568. The maximum absolute atomic E-state index is 12.6. The highest BCUT2D eigenvalue weighted by molar-refractivity contribution is 7.94. The molecule has 10 heteroatoms. The second-order valence-electron chi connectivity index (χ2n) is 6.11. The van der Waals surface area contributed by atoms with E-state index in [1.54, 1.807) is 42.5 Å². The molecule has 0 bridgehead atoms. The van der Waals surface area contributed by atoms with Gasteiger partial charge in [-0.2, -0.15) is 0 Å². The van der Waals surface area contributed by atoms with Gasteiger partial charge >= 0.3 is 5.97 Å². The zero-order valence-corrected chi connectivity index (χ0v) is 18.1. The summed E-state index contributed by atoms with van der Waals surface area (Å²) in [5.74, 6) is -1.35. The second-order valence-corrected chi connectivity index (χ2v) is 9.74. The van der Waals surface area contributed by atoms with Crippen LogP contribution in [-0.4, -0.2) is 26.4 Å². The lowest BCUT2D eigenvalue weighted by Crippen LogP contribution is -2.30. The molecule has 3 rings (SSSR count). The van der Waals surface area contributed by atoms with Gasteiger partial charge in [-0.05, 0) is 43.3 Å². The van der Waals surface area contributed by atoms with Crippen LogP contribution in [0.3, 0.4) is 0 Å². The summed E-state index contributed by atoms with van der Waals surface area (Å²) in [7, 11) is -3.94. The zero-order chi connectivity index (χ0) is 21.7. The number of ether oxygens (including phenoxy) is 1. The van der Waals surface area contributed by atoms with Crippen LogP contribution < -0.4 is 10.0 Å². The molecule has 156 valence electrons.